The lowest BCUT2D eigenvalue weighted by atomic mass is 10.2. The summed E-state index contributed by atoms with van der Waals surface area (Å²) in [6, 6.07) is 4.98. The van der Waals surface area contributed by atoms with Gasteiger partial charge in [-0.05, 0) is 38.0 Å². The van der Waals surface area contributed by atoms with E-state index in [4.69, 9.17) is 4.74 Å². The van der Waals surface area contributed by atoms with Crippen LogP contribution in [0.5, 0.6) is 5.75 Å². The minimum absolute atomic E-state index is 0.000668. The monoisotopic (exact) mass is 347 g/mol. The lowest BCUT2D eigenvalue weighted by Crippen LogP contribution is -2.32. The molecular weight excluding hydrogens is 326 g/mol. The molecule has 0 aromatic heterocycles. The highest BCUT2D eigenvalue weighted by Crippen LogP contribution is 2.31. The average Bonchev–Trinajstić information content (AvgIpc) is 2.91. The number of nitrogens with zero attached hydrogens (tertiary/aromatic N) is 1. The maximum Gasteiger partial charge on any atom is 0.246 e. The molecule has 0 aliphatic carbocycles. The maximum atomic E-state index is 12.8. The molecule has 6 nitrogen and oxygen atoms in total. The van der Waals surface area contributed by atoms with Gasteiger partial charge in [0.15, 0.2) is 9.84 Å². The normalized spacial score (nSPS) is 20.2. The number of ether oxygens (including phenoxy) is 1. The molecular formula is C14H21NO5S2. The van der Waals surface area contributed by atoms with Gasteiger partial charge in [0, 0.05) is 19.3 Å². The molecule has 1 unspecified atom stereocenters. The Morgan fingerprint density at radius 3 is 2.50 bits per heavy atom. The van der Waals surface area contributed by atoms with Gasteiger partial charge in [0.05, 0.1) is 11.9 Å². The summed E-state index contributed by atoms with van der Waals surface area (Å²) in [5.41, 5.74) is 0.806. The average molecular weight is 347 g/mol. The Hall–Kier alpha value is -1.12. The van der Waals surface area contributed by atoms with E-state index in [1.165, 1.54) is 4.31 Å². The molecule has 1 aliphatic heterocycles. The number of benzene rings is 1. The molecule has 0 saturated carbocycles. The quantitative estimate of drug-likeness (QED) is 0.799. The third-order valence-electron chi connectivity index (χ3n) is 3.73. The van der Waals surface area contributed by atoms with E-state index in [0.717, 1.165) is 11.8 Å². The molecule has 0 bridgehead atoms. The van der Waals surface area contributed by atoms with Gasteiger partial charge in [0.2, 0.25) is 10.0 Å². The Balaban J connectivity index is 2.38. The molecule has 2 rings (SSSR count). The molecule has 124 valence electrons. The van der Waals surface area contributed by atoms with Crippen LogP contribution in [0.2, 0.25) is 0 Å². The largest absolute Gasteiger partial charge is 0.492 e. The van der Waals surface area contributed by atoms with E-state index in [0.29, 0.717) is 18.8 Å². The van der Waals surface area contributed by atoms with Crippen molar-refractivity contribution in [1.29, 1.82) is 0 Å². The van der Waals surface area contributed by atoms with Gasteiger partial charge in [0.25, 0.3) is 0 Å². The van der Waals surface area contributed by atoms with Gasteiger partial charge < -0.3 is 4.74 Å². The Labute approximate surface area is 132 Å². The molecule has 0 radical (unpaired) electrons. The fourth-order valence-electron chi connectivity index (χ4n) is 2.50. The summed E-state index contributed by atoms with van der Waals surface area (Å²) in [6.45, 7) is 4.15. The van der Waals surface area contributed by atoms with Gasteiger partial charge in [-0.3, -0.25) is 0 Å². The van der Waals surface area contributed by atoms with E-state index < -0.39 is 25.1 Å². The van der Waals surface area contributed by atoms with Gasteiger partial charge in [-0.15, -0.1) is 0 Å². The van der Waals surface area contributed by atoms with Crippen LogP contribution < -0.4 is 4.74 Å². The molecule has 0 amide bonds. The molecule has 0 N–H and O–H groups in total. The fraction of sp³-hybridized carbons (Fsp3) is 0.571. The first-order chi connectivity index (χ1) is 10.2. The summed E-state index contributed by atoms with van der Waals surface area (Å²) in [4.78, 5) is 0.100. The third kappa shape index (κ3) is 3.44. The Morgan fingerprint density at radius 2 is 1.95 bits per heavy atom. The van der Waals surface area contributed by atoms with Crippen molar-refractivity contribution < 1.29 is 21.6 Å². The highest BCUT2D eigenvalue weighted by atomic mass is 32.2. The van der Waals surface area contributed by atoms with Crippen molar-refractivity contribution in [2.45, 2.75) is 30.4 Å². The van der Waals surface area contributed by atoms with Gasteiger partial charge in [-0.2, -0.15) is 4.31 Å². The minimum atomic E-state index is -3.76. The van der Waals surface area contributed by atoms with Gasteiger partial charge >= 0.3 is 0 Å². The number of hydrogen-bond donors (Lipinski definition) is 0. The molecule has 22 heavy (non-hydrogen) atoms. The predicted octanol–water partition coefficient (Wildman–Crippen LogP) is 1.20. The van der Waals surface area contributed by atoms with Gasteiger partial charge in [-0.1, -0.05) is 6.07 Å². The first-order valence-corrected chi connectivity index (χ1v) is 10.5. The number of sulfonamides is 1. The molecule has 1 atom stereocenters. The molecule has 1 heterocycles. The summed E-state index contributed by atoms with van der Waals surface area (Å²) >= 11 is 0. The predicted molar refractivity (Wildman–Crippen MR) is 84.4 cm³/mol. The van der Waals surface area contributed by atoms with E-state index in [9.17, 15) is 16.8 Å². The van der Waals surface area contributed by atoms with Gasteiger partial charge in [0.1, 0.15) is 10.6 Å². The van der Waals surface area contributed by atoms with Crippen molar-refractivity contribution >= 4 is 19.9 Å². The summed E-state index contributed by atoms with van der Waals surface area (Å²) in [5, 5.41) is -0.636. The summed E-state index contributed by atoms with van der Waals surface area (Å²) < 4.78 is 55.5. The van der Waals surface area contributed by atoms with E-state index in [1.807, 2.05) is 0 Å². The lowest BCUT2D eigenvalue weighted by molar-refractivity contribution is 0.329. The van der Waals surface area contributed by atoms with E-state index >= 15 is 0 Å². The van der Waals surface area contributed by atoms with Crippen molar-refractivity contribution in [3.8, 4) is 5.75 Å². The number of rotatable bonds is 5. The highest BCUT2D eigenvalue weighted by molar-refractivity contribution is 7.91. The second-order valence-corrected chi connectivity index (χ2v) is 9.72. The first kappa shape index (κ1) is 17.2. The molecule has 8 heteroatoms. The summed E-state index contributed by atoms with van der Waals surface area (Å²) in [5.74, 6) is 0.302. The van der Waals surface area contributed by atoms with Crippen LogP contribution in [0.1, 0.15) is 18.9 Å². The van der Waals surface area contributed by atoms with Crippen LogP contribution in [0.4, 0.5) is 0 Å². The Kier molecular flexibility index (Phi) is 4.84. The molecule has 1 aromatic carbocycles. The SMILES string of the molecule is CCOc1ccc(C)cc1S(=O)(=O)N1CCC(S(C)(=O)=O)C1. The zero-order valence-electron chi connectivity index (χ0n) is 12.9. The summed E-state index contributed by atoms with van der Waals surface area (Å²) in [7, 11) is -7.01. The van der Waals surface area contributed by atoms with Crippen molar-refractivity contribution in [3.63, 3.8) is 0 Å². The van der Waals surface area contributed by atoms with Crippen molar-refractivity contribution in [3.05, 3.63) is 23.8 Å². The maximum absolute atomic E-state index is 12.8. The van der Waals surface area contributed by atoms with Crippen molar-refractivity contribution in [2.24, 2.45) is 0 Å². The zero-order chi connectivity index (χ0) is 16.5. The van der Waals surface area contributed by atoms with E-state index in [-0.39, 0.29) is 18.0 Å². The van der Waals surface area contributed by atoms with E-state index in [2.05, 4.69) is 0 Å². The smallest absolute Gasteiger partial charge is 0.246 e. The first-order valence-electron chi connectivity index (χ1n) is 7.08. The molecule has 1 saturated heterocycles. The van der Waals surface area contributed by atoms with Crippen LogP contribution in [-0.2, 0) is 19.9 Å². The second-order valence-electron chi connectivity index (χ2n) is 5.49. The van der Waals surface area contributed by atoms with Crippen LogP contribution >= 0.6 is 0 Å². The van der Waals surface area contributed by atoms with E-state index in [1.54, 1.807) is 32.0 Å². The molecule has 1 fully saturated rings. The van der Waals surface area contributed by atoms with Crippen molar-refractivity contribution in [2.75, 3.05) is 26.0 Å². The standard InChI is InChI=1S/C14H21NO5S2/c1-4-20-13-6-5-11(2)9-14(13)22(18,19)15-8-7-12(10-15)21(3,16)17/h5-6,9,12H,4,7-8,10H2,1-3H3. The van der Waals surface area contributed by atoms with Gasteiger partial charge in [-0.25, -0.2) is 16.8 Å². The number of sulfone groups is 1. The fourth-order valence-corrected chi connectivity index (χ4v) is 5.29. The second kappa shape index (κ2) is 6.17. The Morgan fingerprint density at radius 1 is 1.27 bits per heavy atom. The number of hydrogen-bond acceptors (Lipinski definition) is 5. The third-order valence-corrected chi connectivity index (χ3v) is 7.21. The minimum Gasteiger partial charge on any atom is -0.492 e. The lowest BCUT2D eigenvalue weighted by Gasteiger charge is -2.19. The molecule has 1 aromatic rings. The number of aryl methyl sites for hydroxylation is 1. The van der Waals surface area contributed by atoms with Crippen LogP contribution in [0.25, 0.3) is 0 Å². The van der Waals surface area contributed by atoms with Crippen LogP contribution in [0, 0.1) is 6.92 Å². The topological polar surface area (TPSA) is 80.8 Å². The van der Waals surface area contributed by atoms with Crippen LogP contribution in [0.15, 0.2) is 23.1 Å². The summed E-state index contributed by atoms with van der Waals surface area (Å²) in [6.07, 6.45) is 1.47. The molecule has 1 aliphatic rings. The van der Waals surface area contributed by atoms with Crippen LogP contribution in [0.3, 0.4) is 0 Å². The highest BCUT2D eigenvalue weighted by Gasteiger charge is 2.38. The van der Waals surface area contributed by atoms with Crippen LogP contribution in [-0.4, -0.2) is 52.3 Å². The Bertz CT molecular complexity index is 755. The zero-order valence-corrected chi connectivity index (χ0v) is 14.6. The molecule has 0 spiro atoms. The van der Waals surface area contributed by atoms with Crippen molar-refractivity contribution in [1.82, 2.24) is 4.31 Å².